The van der Waals surface area contributed by atoms with E-state index in [1.807, 2.05) is 19.8 Å². The Labute approximate surface area is 57.5 Å². The molecule has 0 fully saturated rings. The summed E-state index contributed by atoms with van der Waals surface area (Å²) in [6.07, 6.45) is 0. The maximum atomic E-state index is 4.23. The topological polar surface area (TPSA) is 12.4 Å². The van der Waals surface area contributed by atoms with Crippen molar-refractivity contribution in [1.29, 1.82) is 0 Å². The van der Waals surface area contributed by atoms with Crippen LogP contribution < -0.4 is 0 Å². The number of hydrogen-bond donors (Lipinski definition) is 0. The van der Waals surface area contributed by atoms with Gasteiger partial charge in [0.15, 0.2) is 0 Å². The predicted octanol–water partition coefficient (Wildman–Crippen LogP) is 3.12. The third-order valence-electron chi connectivity index (χ3n) is 1.54. The van der Waals surface area contributed by atoms with Crippen LogP contribution in [-0.2, 0) is 0 Å². The molecule has 1 unspecified atom stereocenters. The normalized spacial score (nSPS) is 15.9. The zero-order valence-electron chi connectivity index (χ0n) is 6.39. The van der Waals surface area contributed by atoms with Crippen molar-refractivity contribution in [2.24, 2.45) is 4.74 Å². The van der Waals surface area contributed by atoms with Crippen molar-refractivity contribution in [2.45, 2.75) is 6.92 Å². The van der Waals surface area contributed by atoms with E-state index in [-0.39, 0.29) is 0 Å². The van der Waals surface area contributed by atoms with E-state index in [1.165, 1.54) is 0 Å². The first-order valence-corrected chi connectivity index (χ1v) is 5.10. The molecule has 0 N–H and O–H groups in total. The van der Waals surface area contributed by atoms with Gasteiger partial charge in [-0.3, -0.25) is 4.74 Å². The number of nitrogens with zero attached hydrogens (tertiary/aromatic N) is 1. The van der Waals surface area contributed by atoms with Gasteiger partial charge in [-0.25, -0.2) is 0 Å². The summed E-state index contributed by atoms with van der Waals surface area (Å²) < 4.78 is 4.23. The Morgan fingerprint density at radius 2 is 2.11 bits per heavy atom. The molecular formula is C7H14NP. The summed E-state index contributed by atoms with van der Waals surface area (Å²) in [4.78, 5) is 0. The first-order chi connectivity index (χ1) is 4.06. The fourth-order valence-corrected chi connectivity index (χ4v) is 1.22. The second-order valence-corrected chi connectivity index (χ2v) is 5.73. The van der Waals surface area contributed by atoms with E-state index in [4.69, 9.17) is 0 Å². The lowest BCUT2D eigenvalue weighted by Gasteiger charge is -2.12. The van der Waals surface area contributed by atoms with Crippen LogP contribution >= 0.6 is 7.05 Å². The van der Waals surface area contributed by atoms with Crippen LogP contribution in [0.4, 0.5) is 0 Å². The van der Waals surface area contributed by atoms with Crippen molar-refractivity contribution in [1.82, 2.24) is 0 Å². The quantitative estimate of drug-likeness (QED) is 0.526. The van der Waals surface area contributed by atoms with E-state index in [1.54, 1.807) is 0 Å². The second-order valence-electron chi connectivity index (χ2n) is 2.14. The van der Waals surface area contributed by atoms with Gasteiger partial charge in [0, 0.05) is 14.1 Å². The van der Waals surface area contributed by atoms with Gasteiger partial charge in [-0.05, 0) is 24.7 Å². The van der Waals surface area contributed by atoms with Crippen molar-refractivity contribution >= 4 is 7.05 Å². The van der Waals surface area contributed by atoms with Crippen LogP contribution in [0.15, 0.2) is 29.0 Å². The summed E-state index contributed by atoms with van der Waals surface area (Å²) in [6.45, 7) is 11.7. The minimum Gasteiger partial charge on any atom is -0.299 e. The Kier molecular flexibility index (Phi) is 2.93. The molecule has 0 aromatic rings. The summed E-state index contributed by atoms with van der Waals surface area (Å²) in [5.41, 5.74) is 0. The van der Waals surface area contributed by atoms with Gasteiger partial charge < -0.3 is 0 Å². The van der Waals surface area contributed by atoms with Crippen LogP contribution in [0.1, 0.15) is 6.92 Å². The zero-order chi connectivity index (χ0) is 7.49. The SMILES string of the molecule is C=CP(C)(=NC)C(=C)C. The Balaban J connectivity index is 4.72. The first kappa shape index (κ1) is 8.71. The number of rotatable bonds is 2. The molecule has 2 heteroatoms. The molecule has 52 valence electrons. The highest BCUT2D eigenvalue weighted by molar-refractivity contribution is 7.72. The zero-order valence-corrected chi connectivity index (χ0v) is 7.28. The summed E-state index contributed by atoms with van der Waals surface area (Å²) in [5.74, 6) is 1.91. The first-order valence-electron chi connectivity index (χ1n) is 2.84. The molecule has 0 saturated heterocycles. The molecule has 0 aliphatic rings. The van der Waals surface area contributed by atoms with Crippen LogP contribution in [0.5, 0.6) is 0 Å². The van der Waals surface area contributed by atoms with E-state index in [9.17, 15) is 0 Å². The summed E-state index contributed by atoms with van der Waals surface area (Å²) in [7, 11) is 0.515. The lowest BCUT2D eigenvalue weighted by Crippen LogP contribution is -1.73. The molecule has 0 radical (unpaired) electrons. The van der Waals surface area contributed by atoms with Gasteiger partial charge in [-0.15, -0.1) is 0 Å². The summed E-state index contributed by atoms with van der Waals surface area (Å²) in [6, 6.07) is 0. The van der Waals surface area contributed by atoms with Gasteiger partial charge >= 0.3 is 0 Å². The van der Waals surface area contributed by atoms with Crippen molar-refractivity contribution in [3.8, 4) is 0 Å². The largest absolute Gasteiger partial charge is 0.299 e. The smallest absolute Gasteiger partial charge is 0.0269 e. The van der Waals surface area contributed by atoms with Crippen molar-refractivity contribution in [3.63, 3.8) is 0 Å². The third kappa shape index (κ3) is 1.83. The van der Waals surface area contributed by atoms with Gasteiger partial charge in [-0.1, -0.05) is 13.2 Å². The molecule has 1 nitrogen and oxygen atoms in total. The van der Waals surface area contributed by atoms with Crippen LogP contribution in [0.3, 0.4) is 0 Å². The van der Waals surface area contributed by atoms with Gasteiger partial charge in [0.1, 0.15) is 0 Å². The van der Waals surface area contributed by atoms with Crippen LogP contribution in [-0.4, -0.2) is 13.7 Å². The van der Waals surface area contributed by atoms with Crippen molar-refractivity contribution in [3.05, 3.63) is 24.3 Å². The summed E-state index contributed by atoms with van der Waals surface area (Å²) >= 11 is 0. The lowest BCUT2D eigenvalue weighted by atomic mass is 10.8. The van der Waals surface area contributed by atoms with Crippen LogP contribution in [0.2, 0.25) is 0 Å². The van der Waals surface area contributed by atoms with Crippen molar-refractivity contribution < 1.29 is 0 Å². The Morgan fingerprint density at radius 1 is 1.67 bits per heavy atom. The second kappa shape index (κ2) is 3.03. The Morgan fingerprint density at radius 3 is 2.11 bits per heavy atom. The third-order valence-corrected chi connectivity index (χ3v) is 4.63. The molecule has 9 heavy (non-hydrogen) atoms. The van der Waals surface area contributed by atoms with Crippen LogP contribution in [0, 0.1) is 0 Å². The fourth-order valence-electron chi connectivity index (χ4n) is 0.408. The Bertz CT molecular complexity index is 179. The lowest BCUT2D eigenvalue weighted by molar-refractivity contribution is 1.47. The molecule has 0 spiro atoms. The summed E-state index contributed by atoms with van der Waals surface area (Å²) in [5, 5.41) is 1.14. The van der Waals surface area contributed by atoms with Gasteiger partial charge in [-0.2, -0.15) is 0 Å². The van der Waals surface area contributed by atoms with Gasteiger partial charge in [0.25, 0.3) is 0 Å². The molecule has 0 aromatic heterocycles. The van der Waals surface area contributed by atoms with E-state index < -0.39 is 7.05 Å². The molecule has 0 aromatic carbocycles. The molecule has 0 saturated carbocycles. The maximum absolute atomic E-state index is 4.23. The molecule has 0 rings (SSSR count). The average Bonchev–Trinajstić information content (AvgIpc) is 1.86. The van der Waals surface area contributed by atoms with Crippen LogP contribution in [0.25, 0.3) is 0 Å². The number of hydrogen-bond acceptors (Lipinski definition) is 1. The van der Waals surface area contributed by atoms with E-state index >= 15 is 0 Å². The monoisotopic (exact) mass is 143 g/mol. The minimum absolute atomic E-state index is 1.14. The minimum atomic E-state index is -1.31. The molecule has 0 bridgehead atoms. The molecule has 0 amide bonds. The fraction of sp³-hybridized carbons (Fsp3) is 0.429. The molecule has 0 aliphatic carbocycles. The van der Waals surface area contributed by atoms with Crippen molar-refractivity contribution in [2.75, 3.05) is 13.7 Å². The Hall–Kier alpha value is -0.290. The van der Waals surface area contributed by atoms with E-state index in [2.05, 4.69) is 24.6 Å². The predicted molar refractivity (Wildman–Crippen MR) is 46.2 cm³/mol. The average molecular weight is 143 g/mol. The standard InChI is InChI=1S/C7H14NP/c1-6-9(5,8-4)7(2)3/h6H,1-2H2,3-5H3. The van der Waals surface area contributed by atoms with E-state index in [0.717, 1.165) is 5.31 Å². The van der Waals surface area contributed by atoms with Gasteiger partial charge in [0.2, 0.25) is 0 Å². The van der Waals surface area contributed by atoms with E-state index in [0.29, 0.717) is 0 Å². The van der Waals surface area contributed by atoms with Gasteiger partial charge in [0.05, 0.1) is 0 Å². The molecule has 1 atom stereocenters. The number of allylic oxidation sites excluding steroid dienone is 1. The highest BCUT2D eigenvalue weighted by Crippen LogP contribution is 2.52. The highest BCUT2D eigenvalue weighted by Gasteiger charge is 2.04. The highest BCUT2D eigenvalue weighted by atomic mass is 31.2. The molecular weight excluding hydrogens is 129 g/mol. The molecule has 0 heterocycles. The maximum Gasteiger partial charge on any atom is 0.0269 e. The molecule has 0 aliphatic heterocycles.